The maximum Gasteiger partial charge on any atom is 0.227 e. The second-order valence-electron chi connectivity index (χ2n) is 5.34. The molecule has 1 fully saturated rings. The van der Waals surface area contributed by atoms with Crippen molar-refractivity contribution in [1.82, 2.24) is 9.80 Å². The highest BCUT2D eigenvalue weighted by molar-refractivity contribution is 5.78. The van der Waals surface area contributed by atoms with E-state index in [1.165, 1.54) is 6.07 Å². The van der Waals surface area contributed by atoms with Gasteiger partial charge in [0, 0.05) is 19.6 Å². The predicted octanol–water partition coefficient (Wildman–Crippen LogP) is 2.31. The number of hydrogen-bond donors (Lipinski definition) is 0. The molecule has 0 aliphatic carbocycles. The lowest BCUT2D eigenvalue weighted by Crippen LogP contribution is -2.36. The quantitative estimate of drug-likeness (QED) is 0.844. The summed E-state index contributed by atoms with van der Waals surface area (Å²) in [6, 6.07) is 6.53. The lowest BCUT2D eigenvalue weighted by molar-refractivity contribution is -0.130. The summed E-state index contributed by atoms with van der Waals surface area (Å²) in [6.45, 7) is 6.79. The van der Waals surface area contributed by atoms with Gasteiger partial charge >= 0.3 is 0 Å². The normalized spacial score (nSPS) is 17.0. The molecule has 0 unspecified atom stereocenters. The molecule has 1 amide bonds. The molecule has 110 valence electrons. The Hall–Kier alpha value is -1.42. The van der Waals surface area contributed by atoms with Crippen molar-refractivity contribution in [1.29, 1.82) is 0 Å². The molecule has 0 radical (unpaired) electrons. The highest BCUT2D eigenvalue weighted by atomic mass is 19.1. The van der Waals surface area contributed by atoms with Gasteiger partial charge in [-0.1, -0.05) is 25.1 Å². The van der Waals surface area contributed by atoms with E-state index in [9.17, 15) is 9.18 Å². The largest absolute Gasteiger partial charge is 0.341 e. The minimum Gasteiger partial charge on any atom is -0.341 e. The third kappa shape index (κ3) is 4.04. The molecule has 0 saturated carbocycles. The number of nitrogens with zero attached hydrogens (tertiary/aromatic N) is 2. The summed E-state index contributed by atoms with van der Waals surface area (Å²) in [5, 5.41) is 0. The van der Waals surface area contributed by atoms with Crippen molar-refractivity contribution in [2.24, 2.45) is 0 Å². The second kappa shape index (κ2) is 7.39. The van der Waals surface area contributed by atoms with Gasteiger partial charge in [-0.25, -0.2) is 4.39 Å². The summed E-state index contributed by atoms with van der Waals surface area (Å²) in [4.78, 5) is 16.6. The first-order valence-corrected chi connectivity index (χ1v) is 7.44. The molecule has 1 aliphatic rings. The Morgan fingerprint density at radius 2 is 2.00 bits per heavy atom. The number of amides is 1. The van der Waals surface area contributed by atoms with E-state index in [0.717, 1.165) is 45.6 Å². The van der Waals surface area contributed by atoms with Gasteiger partial charge in [0.25, 0.3) is 0 Å². The van der Waals surface area contributed by atoms with Crippen molar-refractivity contribution in [3.8, 4) is 0 Å². The van der Waals surface area contributed by atoms with Crippen LogP contribution in [0.2, 0.25) is 0 Å². The maximum absolute atomic E-state index is 13.6. The van der Waals surface area contributed by atoms with Gasteiger partial charge in [-0.2, -0.15) is 0 Å². The molecule has 1 heterocycles. The lowest BCUT2D eigenvalue weighted by Gasteiger charge is -2.21. The summed E-state index contributed by atoms with van der Waals surface area (Å²) in [6.07, 6.45) is 2.31. The van der Waals surface area contributed by atoms with E-state index >= 15 is 0 Å². The minimum atomic E-state index is -0.289. The lowest BCUT2D eigenvalue weighted by atomic mass is 10.1. The van der Waals surface area contributed by atoms with Crippen molar-refractivity contribution in [3.63, 3.8) is 0 Å². The fourth-order valence-electron chi connectivity index (χ4n) is 2.68. The molecule has 0 atom stereocenters. The molecule has 1 saturated heterocycles. The van der Waals surface area contributed by atoms with Crippen molar-refractivity contribution in [3.05, 3.63) is 35.6 Å². The third-order valence-corrected chi connectivity index (χ3v) is 3.78. The zero-order valence-electron chi connectivity index (χ0n) is 12.1. The fraction of sp³-hybridized carbons (Fsp3) is 0.562. The summed E-state index contributed by atoms with van der Waals surface area (Å²) in [5.74, 6) is -0.253. The number of benzene rings is 1. The topological polar surface area (TPSA) is 23.6 Å². The third-order valence-electron chi connectivity index (χ3n) is 3.78. The van der Waals surface area contributed by atoms with Gasteiger partial charge in [0.1, 0.15) is 5.82 Å². The van der Waals surface area contributed by atoms with Crippen molar-refractivity contribution in [2.45, 2.75) is 26.2 Å². The molecule has 20 heavy (non-hydrogen) atoms. The Balaban J connectivity index is 1.91. The summed E-state index contributed by atoms with van der Waals surface area (Å²) in [7, 11) is 0. The molecule has 1 aliphatic heterocycles. The number of carbonyl (C=O) groups is 1. The Morgan fingerprint density at radius 1 is 1.20 bits per heavy atom. The molecule has 0 spiro atoms. The van der Waals surface area contributed by atoms with E-state index in [0.29, 0.717) is 5.56 Å². The first kappa shape index (κ1) is 15.0. The highest BCUT2D eigenvalue weighted by Crippen LogP contribution is 2.11. The number of carbonyl (C=O) groups excluding carboxylic acids is 1. The number of halogens is 1. The van der Waals surface area contributed by atoms with Crippen LogP contribution in [0.25, 0.3) is 0 Å². The van der Waals surface area contributed by atoms with E-state index in [1.54, 1.807) is 18.2 Å². The molecule has 0 aromatic heterocycles. The smallest absolute Gasteiger partial charge is 0.227 e. The van der Waals surface area contributed by atoms with Gasteiger partial charge in [-0.3, -0.25) is 4.79 Å². The maximum atomic E-state index is 13.6. The molecular formula is C16H23FN2O. The van der Waals surface area contributed by atoms with Crippen LogP contribution in [0.15, 0.2) is 24.3 Å². The van der Waals surface area contributed by atoms with Gasteiger partial charge in [0.15, 0.2) is 0 Å². The fourth-order valence-corrected chi connectivity index (χ4v) is 2.68. The van der Waals surface area contributed by atoms with E-state index in [2.05, 4.69) is 11.8 Å². The van der Waals surface area contributed by atoms with E-state index in [-0.39, 0.29) is 18.1 Å². The number of rotatable bonds is 4. The average Bonchev–Trinajstić information content (AvgIpc) is 2.67. The SMILES string of the molecule is CCCN1CCCN(C(=O)Cc2ccccc2F)CC1. The zero-order chi connectivity index (χ0) is 14.4. The standard InChI is InChI=1S/C16H23FN2O/c1-2-8-18-9-5-10-19(12-11-18)16(20)13-14-6-3-4-7-15(14)17/h3-4,6-7H,2,5,8-13H2,1H3. The van der Waals surface area contributed by atoms with Gasteiger partial charge < -0.3 is 9.80 Å². The molecule has 1 aromatic rings. The van der Waals surface area contributed by atoms with Crippen LogP contribution in [0.1, 0.15) is 25.3 Å². The number of hydrogen-bond acceptors (Lipinski definition) is 2. The summed E-state index contributed by atoms with van der Waals surface area (Å²) in [5.41, 5.74) is 0.493. The predicted molar refractivity (Wildman–Crippen MR) is 78.0 cm³/mol. The summed E-state index contributed by atoms with van der Waals surface area (Å²) >= 11 is 0. The monoisotopic (exact) mass is 278 g/mol. The van der Waals surface area contributed by atoms with Crippen LogP contribution < -0.4 is 0 Å². The molecular weight excluding hydrogens is 255 g/mol. The van der Waals surface area contributed by atoms with Crippen molar-refractivity contribution in [2.75, 3.05) is 32.7 Å². The molecule has 3 nitrogen and oxygen atoms in total. The molecule has 1 aromatic carbocycles. The van der Waals surface area contributed by atoms with Crippen molar-refractivity contribution >= 4 is 5.91 Å². The first-order valence-electron chi connectivity index (χ1n) is 7.44. The van der Waals surface area contributed by atoms with Crippen LogP contribution in [0, 0.1) is 5.82 Å². The van der Waals surface area contributed by atoms with Crippen LogP contribution in [0.3, 0.4) is 0 Å². The van der Waals surface area contributed by atoms with Gasteiger partial charge in [0.2, 0.25) is 5.91 Å². The Kier molecular flexibility index (Phi) is 5.53. The van der Waals surface area contributed by atoms with Crippen LogP contribution >= 0.6 is 0 Å². The first-order chi connectivity index (χ1) is 9.70. The van der Waals surface area contributed by atoms with Gasteiger partial charge in [-0.15, -0.1) is 0 Å². The van der Waals surface area contributed by atoms with Gasteiger partial charge in [-0.05, 0) is 37.6 Å². The van der Waals surface area contributed by atoms with E-state index in [1.807, 2.05) is 4.90 Å². The Morgan fingerprint density at radius 3 is 2.75 bits per heavy atom. The van der Waals surface area contributed by atoms with Gasteiger partial charge in [0.05, 0.1) is 6.42 Å². The van der Waals surface area contributed by atoms with Crippen LogP contribution in [0.5, 0.6) is 0 Å². The molecule has 4 heteroatoms. The molecule has 0 bridgehead atoms. The van der Waals surface area contributed by atoms with Crippen LogP contribution in [0.4, 0.5) is 4.39 Å². The van der Waals surface area contributed by atoms with Crippen molar-refractivity contribution < 1.29 is 9.18 Å². The Bertz CT molecular complexity index is 450. The van der Waals surface area contributed by atoms with E-state index in [4.69, 9.17) is 0 Å². The molecule has 0 N–H and O–H groups in total. The van der Waals surface area contributed by atoms with Crippen LogP contribution in [-0.4, -0.2) is 48.4 Å². The highest BCUT2D eigenvalue weighted by Gasteiger charge is 2.19. The second-order valence-corrected chi connectivity index (χ2v) is 5.34. The van der Waals surface area contributed by atoms with Crippen LogP contribution in [-0.2, 0) is 11.2 Å². The summed E-state index contributed by atoms with van der Waals surface area (Å²) < 4.78 is 13.6. The Labute approximate surface area is 120 Å². The minimum absolute atomic E-state index is 0.0356. The zero-order valence-corrected chi connectivity index (χ0v) is 12.1. The average molecular weight is 278 g/mol. The molecule has 2 rings (SSSR count). The van der Waals surface area contributed by atoms with E-state index < -0.39 is 0 Å².